The van der Waals surface area contributed by atoms with Gasteiger partial charge in [0.1, 0.15) is 11.3 Å². The molecule has 0 aliphatic carbocycles. The number of carboxylic acids is 1. The lowest BCUT2D eigenvalue weighted by atomic mass is 10.1. The molecule has 0 bridgehead atoms. The summed E-state index contributed by atoms with van der Waals surface area (Å²) in [5.41, 5.74) is 8.51. The molecule has 0 unspecified atom stereocenters. The molecule has 0 fully saturated rings. The summed E-state index contributed by atoms with van der Waals surface area (Å²) >= 11 is 0. The summed E-state index contributed by atoms with van der Waals surface area (Å²) in [6.07, 6.45) is 0. The zero-order chi connectivity index (χ0) is 15.9. The fourth-order valence-electron chi connectivity index (χ4n) is 2.55. The summed E-state index contributed by atoms with van der Waals surface area (Å²) in [5.74, 6) is -0.784. The van der Waals surface area contributed by atoms with Crippen LogP contribution in [0.5, 0.6) is 5.75 Å². The first-order valence-electron chi connectivity index (χ1n) is 6.68. The van der Waals surface area contributed by atoms with Gasteiger partial charge in [-0.2, -0.15) is 5.10 Å². The van der Waals surface area contributed by atoms with Crippen LogP contribution in [0.2, 0.25) is 0 Å². The van der Waals surface area contributed by atoms with Crippen molar-refractivity contribution >= 4 is 22.6 Å². The van der Waals surface area contributed by atoms with Crippen LogP contribution in [0.3, 0.4) is 0 Å². The van der Waals surface area contributed by atoms with Gasteiger partial charge in [-0.1, -0.05) is 6.07 Å². The van der Waals surface area contributed by atoms with E-state index >= 15 is 0 Å². The average Bonchev–Trinajstić information content (AvgIpc) is 2.82. The van der Waals surface area contributed by atoms with Crippen molar-refractivity contribution in [1.82, 2.24) is 9.78 Å². The van der Waals surface area contributed by atoms with Crippen molar-refractivity contribution in [3.63, 3.8) is 0 Å². The molecule has 0 saturated heterocycles. The van der Waals surface area contributed by atoms with E-state index in [4.69, 9.17) is 10.5 Å². The van der Waals surface area contributed by atoms with Crippen molar-refractivity contribution < 1.29 is 14.6 Å². The first-order valence-corrected chi connectivity index (χ1v) is 6.68. The number of nitrogens with zero attached hydrogens (tertiary/aromatic N) is 2. The molecule has 1 aromatic heterocycles. The molecule has 3 aromatic rings. The first-order chi connectivity index (χ1) is 10.5. The zero-order valence-electron chi connectivity index (χ0n) is 12.2. The summed E-state index contributed by atoms with van der Waals surface area (Å²) in [5, 5.41) is 14.9. The fraction of sp³-hybridized carbons (Fsp3) is 0.125. The largest absolute Gasteiger partial charge is 0.496 e. The molecule has 22 heavy (non-hydrogen) atoms. The predicted octanol–water partition coefficient (Wildman–Crippen LogP) is 2.62. The third kappa shape index (κ3) is 2.05. The Kier molecular flexibility index (Phi) is 3.21. The number of ether oxygens (including phenoxy) is 1. The number of anilines is 1. The van der Waals surface area contributed by atoms with Crippen molar-refractivity contribution in [3.8, 4) is 11.4 Å². The van der Waals surface area contributed by atoms with Crippen LogP contribution in [0.1, 0.15) is 16.1 Å². The molecule has 112 valence electrons. The minimum Gasteiger partial charge on any atom is -0.496 e. The van der Waals surface area contributed by atoms with Crippen LogP contribution in [0.15, 0.2) is 36.4 Å². The Morgan fingerprint density at radius 3 is 2.77 bits per heavy atom. The van der Waals surface area contributed by atoms with Crippen molar-refractivity contribution in [2.75, 3.05) is 12.8 Å². The molecule has 0 saturated carbocycles. The van der Waals surface area contributed by atoms with Gasteiger partial charge in [-0.05, 0) is 37.3 Å². The highest BCUT2D eigenvalue weighted by atomic mass is 16.5. The van der Waals surface area contributed by atoms with Gasteiger partial charge >= 0.3 is 5.97 Å². The number of aryl methyl sites for hydroxylation is 1. The Labute approximate surface area is 126 Å². The SMILES string of the molecule is COc1cccc(-n2nc(C)c3ccc(N)cc32)c1C(=O)O. The summed E-state index contributed by atoms with van der Waals surface area (Å²) in [7, 11) is 1.44. The Morgan fingerprint density at radius 2 is 2.09 bits per heavy atom. The maximum atomic E-state index is 11.6. The maximum absolute atomic E-state index is 11.6. The number of carboxylic acid groups (broad SMARTS) is 1. The highest BCUT2D eigenvalue weighted by Gasteiger charge is 2.20. The topological polar surface area (TPSA) is 90.4 Å². The first kappa shape index (κ1) is 13.9. The minimum absolute atomic E-state index is 0.0665. The second kappa shape index (κ2) is 5.07. The molecule has 1 heterocycles. The van der Waals surface area contributed by atoms with Gasteiger partial charge in [-0.25, -0.2) is 9.48 Å². The van der Waals surface area contributed by atoms with Gasteiger partial charge in [-0.3, -0.25) is 0 Å². The van der Waals surface area contributed by atoms with E-state index in [2.05, 4.69) is 5.10 Å². The molecule has 3 N–H and O–H groups in total. The van der Waals surface area contributed by atoms with Crippen molar-refractivity contribution in [1.29, 1.82) is 0 Å². The predicted molar refractivity (Wildman–Crippen MR) is 83.7 cm³/mol. The zero-order valence-corrected chi connectivity index (χ0v) is 12.2. The number of aromatic carboxylic acids is 1. The smallest absolute Gasteiger partial charge is 0.341 e. The van der Waals surface area contributed by atoms with Crippen molar-refractivity contribution in [3.05, 3.63) is 47.7 Å². The number of methoxy groups -OCH3 is 1. The second-order valence-corrected chi connectivity index (χ2v) is 4.93. The highest BCUT2D eigenvalue weighted by Crippen LogP contribution is 2.29. The Bertz CT molecular complexity index is 884. The molecular weight excluding hydrogens is 282 g/mol. The number of carbonyl (C=O) groups is 1. The van der Waals surface area contributed by atoms with Gasteiger partial charge in [0.05, 0.1) is 24.0 Å². The van der Waals surface area contributed by atoms with Crippen LogP contribution in [0.4, 0.5) is 5.69 Å². The average molecular weight is 297 g/mol. The highest BCUT2D eigenvalue weighted by molar-refractivity contribution is 5.96. The third-order valence-corrected chi connectivity index (χ3v) is 3.56. The number of fused-ring (bicyclic) bond motifs is 1. The number of hydrogen-bond acceptors (Lipinski definition) is 4. The lowest BCUT2D eigenvalue weighted by molar-refractivity contribution is 0.0693. The van der Waals surface area contributed by atoms with E-state index < -0.39 is 5.97 Å². The van der Waals surface area contributed by atoms with E-state index in [1.54, 1.807) is 35.0 Å². The summed E-state index contributed by atoms with van der Waals surface area (Å²) in [6, 6.07) is 10.5. The van der Waals surface area contributed by atoms with Crippen LogP contribution in [-0.2, 0) is 0 Å². The van der Waals surface area contributed by atoms with E-state index in [-0.39, 0.29) is 11.3 Å². The monoisotopic (exact) mass is 297 g/mol. The third-order valence-electron chi connectivity index (χ3n) is 3.56. The molecule has 0 amide bonds. The molecule has 0 aliphatic rings. The Balaban J connectivity index is 2.37. The van der Waals surface area contributed by atoms with Crippen LogP contribution in [0.25, 0.3) is 16.6 Å². The van der Waals surface area contributed by atoms with E-state index in [1.807, 2.05) is 13.0 Å². The van der Waals surface area contributed by atoms with Gasteiger partial charge in [0.2, 0.25) is 0 Å². The van der Waals surface area contributed by atoms with Gasteiger partial charge in [0, 0.05) is 11.1 Å². The van der Waals surface area contributed by atoms with Gasteiger partial charge in [0.25, 0.3) is 0 Å². The number of hydrogen-bond donors (Lipinski definition) is 2. The Hall–Kier alpha value is -3.02. The molecule has 0 atom stereocenters. The summed E-state index contributed by atoms with van der Waals surface area (Å²) in [4.78, 5) is 11.6. The standard InChI is InChI=1S/C16H15N3O3/c1-9-11-7-6-10(17)8-13(11)19(18-9)12-4-3-5-14(22-2)15(12)16(20)21/h3-8H,17H2,1-2H3,(H,20,21). The van der Waals surface area contributed by atoms with E-state index in [9.17, 15) is 9.90 Å². The van der Waals surface area contributed by atoms with Gasteiger partial charge in [0.15, 0.2) is 0 Å². The Morgan fingerprint density at radius 1 is 1.32 bits per heavy atom. The minimum atomic E-state index is -1.07. The van der Waals surface area contributed by atoms with E-state index in [1.165, 1.54) is 7.11 Å². The van der Waals surface area contributed by atoms with Crippen molar-refractivity contribution in [2.45, 2.75) is 6.92 Å². The van der Waals surface area contributed by atoms with Crippen LogP contribution in [0, 0.1) is 6.92 Å². The second-order valence-electron chi connectivity index (χ2n) is 4.93. The van der Waals surface area contributed by atoms with E-state index in [0.29, 0.717) is 11.4 Å². The quantitative estimate of drug-likeness (QED) is 0.725. The number of nitrogen functional groups attached to an aromatic ring is 1. The number of aromatic nitrogens is 2. The fourth-order valence-corrected chi connectivity index (χ4v) is 2.55. The molecule has 6 nitrogen and oxygen atoms in total. The lowest BCUT2D eigenvalue weighted by Gasteiger charge is -2.11. The van der Waals surface area contributed by atoms with E-state index in [0.717, 1.165) is 16.6 Å². The number of benzene rings is 2. The lowest BCUT2D eigenvalue weighted by Crippen LogP contribution is -2.09. The molecule has 2 aromatic carbocycles. The summed E-state index contributed by atoms with van der Waals surface area (Å²) in [6.45, 7) is 1.87. The summed E-state index contributed by atoms with van der Waals surface area (Å²) < 4.78 is 6.76. The van der Waals surface area contributed by atoms with Crippen LogP contribution in [-0.4, -0.2) is 28.0 Å². The number of nitrogens with two attached hydrogens (primary N) is 1. The molecule has 0 radical (unpaired) electrons. The molecule has 0 aliphatic heterocycles. The normalized spacial score (nSPS) is 10.8. The van der Waals surface area contributed by atoms with Crippen LogP contribution < -0.4 is 10.5 Å². The maximum Gasteiger partial charge on any atom is 0.341 e. The van der Waals surface area contributed by atoms with Gasteiger partial charge < -0.3 is 15.6 Å². The molecule has 3 rings (SSSR count). The van der Waals surface area contributed by atoms with Gasteiger partial charge in [-0.15, -0.1) is 0 Å². The van der Waals surface area contributed by atoms with Crippen LogP contribution >= 0.6 is 0 Å². The number of rotatable bonds is 3. The molecular formula is C16H15N3O3. The molecule has 0 spiro atoms. The van der Waals surface area contributed by atoms with Crippen molar-refractivity contribution in [2.24, 2.45) is 0 Å². The molecule has 6 heteroatoms.